The molecule has 0 fully saturated rings. The Morgan fingerprint density at radius 2 is 1.45 bits per heavy atom. The predicted molar refractivity (Wildman–Crippen MR) is 120 cm³/mol. The topological polar surface area (TPSA) is 59.6 Å². The number of benzene rings is 3. The van der Waals surface area contributed by atoms with Crippen LogP contribution in [0.5, 0.6) is 0 Å². The van der Waals surface area contributed by atoms with Crippen molar-refractivity contribution in [3.63, 3.8) is 0 Å². The molecule has 1 amide bonds. The lowest BCUT2D eigenvalue weighted by molar-refractivity contribution is 0.0191. The number of carbonyl (C=O) groups is 1. The molecule has 4 rings (SSSR count). The lowest BCUT2D eigenvalue weighted by Gasteiger charge is -2.22. The second-order valence-corrected chi connectivity index (χ2v) is 7.54. The molecule has 5 nitrogen and oxygen atoms in total. The Hall–Kier alpha value is -3.57. The van der Waals surface area contributed by atoms with Gasteiger partial charge in [0.2, 0.25) is 0 Å². The van der Waals surface area contributed by atoms with Crippen LogP contribution in [-0.2, 0) is 29.0 Å². The molecule has 2 unspecified atom stereocenters. The summed E-state index contributed by atoms with van der Waals surface area (Å²) < 4.78 is 5.43. The van der Waals surface area contributed by atoms with Crippen molar-refractivity contribution in [2.45, 2.75) is 31.6 Å². The third-order valence-corrected chi connectivity index (χ3v) is 5.14. The first kappa shape index (κ1) is 20.7. The van der Waals surface area contributed by atoms with E-state index in [0.717, 1.165) is 23.2 Å². The zero-order chi connectivity index (χ0) is 21.3. The highest BCUT2D eigenvalue weighted by atomic mass is 16.7. The molecule has 1 heterocycles. The summed E-state index contributed by atoms with van der Waals surface area (Å²) in [5.41, 5.74) is 7.26. The van der Waals surface area contributed by atoms with Gasteiger partial charge in [0.25, 0.3) is 0 Å². The van der Waals surface area contributed by atoms with Crippen LogP contribution in [-0.4, -0.2) is 18.2 Å². The van der Waals surface area contributed by atoms with Crippen molar-refractivity contribution in [1.82, 2.24) is 10.8 Å². The maximum absolute atomic E-state index is 12.5. The Bertz CT molecular complexity index is 991. The molecule has 5 heteroatoms. The van der Waals surface area contributed by atoms with Gasteiger partial charge in [-0.3, -0.25) is 10.3 Å². The molecule has 2 atom stereocenters. The number of carbonyl (C=O) groups excluding carboxylic acids is 1. The highest BCUT2D eigenvalue weighted by Gasteiger charge is 2.28. The molecule has 3 aromatic rings. The van der Waals surface area contributed by atoms with Gasteiger partial charge in [-0.15, -0.1) is 0 Å². The van der Waals surface area contributed by atoms with Gasteiger partial charge >= 0.3 is 6.09 Å². The summed E-state index contributed by atoms with van der Waals surface area (Å²) in [6.45, 7) is 0.226. The van der Waals surface area contributed by atoms with Gasteiger partial charge in [-0.25, -0.2) is 4.79 Å². The number of allylic oxidation sites excluding steroid dienone is 1. The minimum absolute atomic E-state index is 0.226. The molecular formula is C26H26N2O3. The third-order valence-electron chi connectivity index (χ3n) is 5.14. The van der Waals surface area contributed by atoms with Gasteiger partial charge in [0.05, 0.1) is 6.04 Å². The molecule has 31 heavy (non-hydrogen) atoms. The van der Waals surface area contributed by atoms with E-state index in [-0.39, 0.29) is 18.8 Å². The number of amides is 1. The van der Waals surface area contributed by atoms with E-state index in [0.29, 0.717) is 6.42 Å². The largest absolute Gasteiger partial charge is 0.445 e. The first-order valence-corrected chi connectivity index (χ1v) is 10.4. The summed E-state index contributed by atoms with van der Waals surface area (Å²) in [7, 11) is 0. The molecule has 1 aliphatic rings. The summed E-state index contributed by atoms with van der Waals surface area (Å²) in [6.07, 6.45) is 2.65. The van der Waals surface area contributed by atoms with Gasteiger partial charge < -0.3 is 10.1 Å². The Kier molecular flexibility index (Phi) is 6.98. The molecule has 0 aromatic heterocycles. The molecule has 1 aliphatic heterocycles. The minimum atomic E-state index is -0.460. The average Bonchev–Trinajstić information content (AvgIpc) is 3.28. The minimum Gasteiger partial charge on any atom is -0.445 e. The monoisotopic (exact) mass is 414 g/mol. The summed E-state index contributed by atoms with van der Waals surface area (Å²) in [6, 6.07) is 29.6. The molecule has 0 radical (unpaired) electrons. The van der Waals surface area contributed by atoms with Crippen LogP contribution >= 0.6 is 0 Å². The molecule has 0 saturated heterocycles. The van der Waals surface area contributed by atoms with Crippen molar-refractivity contribution in [3.8, 4) is 0 Å². The van der Waals surface area contributed by atoms with Crippen LogP contribution in [0.25, 0.3) is 0 Å². The van der Waals surface area contributed by atoms with Crippen LogP contribution < -0.4 is 10.8 Å². The van der Waals surface area contributed by atoms with E-state index in [1.54, 1.807) is 0 Å². The van der Waals surface area contributed by atoms with Crippen LogP contribution in [0, 0.1) is 0 Å². The second-order valence-electron chi connectivity index (χ2n) is 7.54. The highest BCUT2D eigenvalue weighted by molar-refractivity contribution is 5.67. The zero-order valence-electron chi connectivity index (χ0n) is 17.2. The lowest BCUT2D eigenvalue weighted by atomic mass is 10.00. The Balaban J connectivity index is 1.42. The molecule has 0 saturated carbocycles. The quantitative estimate of drug-likeness (QED) is 0.568. The summed E-state index contributed by atoms with van der Waals surface area (Å²) >= 11 is 0. The average molecular weight is 415 g/mol. The predicted octanol–water partition coefficient (Wildman–Crippen LogP) is 4.55. The van der Waals surface area contributed by atoms with Crippen molar-refractivity contribution >= 4 is 6.09 Å². The van der Waals surface area contributed by atoms with Gasteiger partial charge in [-0.05, 0) is 29.2 Å². The van der Waals surface area contributed by atoms with Crippen LogP contribution in [0.2, 0.25) is 0 Å². The zero-order valence-corrected chi connectivity index (χ0v) is 17.2. The standard InChI is InChI=1S/C26H26N2O3/c29-26(30-19-22-14-8-3-9-15-22)27-24(17-21-12-6-2-7-13-21)25-18-23(28-31-25)16-20-10-4-1-5-11-20/h1-15,18,24-25,28H,16-17,19H2,(H,27,29). The van der Waals surface area contributed by atoms with Crippen molar-refractivity contribution < 1.29 is 14.4 Å². The highest BCUT2D eigenvalue weighted by Crippen LogP contribution is 2.18. The van der Waals surface area contributed by atoms with E-state index in [4.69, 9.17) is 9.57 Å². The Morgan fingerprint density at radius 3 is 2.10 bits per heavy atom. The van der Waals surface area contributed by atoms with Gasteiger partial charge in [0, 0.05) is 12.1 Å². The first-order valence-electron chi connectivity index (χ1n) is 10.4. The maximum Gasteiger partial charge on any atom is 0.407 e. The number of nitrogens with one attached hydrogen (secondary N) is 2. The molecule has 2 N–H and O–H groups in total. The van der Waals surface area contributed by atoms with Crippen molar-refractivity contribution in [1.29, 1.82) is 0 Å². The van der Waals surface area contributed by atoms with Crippen LogP contribution in [0.4, 0.5) is 4.79 Å². The van der Waals surface area contributed by atoms with Gasteiger partial charge in [-0.2, -0.15) is 0 Å². The molecule has 0 bridgehead atoms. The molecule has 3 aromatic carbocycles. The van der Waals surface area contributed by atoms with Crippen molar-refractivity contribution in [3.05, 3.63) is 119 Å². The number of hydroxylamine groups is 1. The van der Waals surface area contributed by atoms with Gasteiger partial charge in [0.15, 0.2) is 0 Å². The molecule has 0 spiro atoms. The first-order chi connectivity index (χ1) is 15.3. The molecular weight excluding hydrogens is 388 g/mol. The number of alkyl carbamates (subject to hydrolysis) is 1. The summed E-state index contributed by atoms with van der Waals surface area (Å²) in [5.74, 6) is 0. The van der Waals surface area contributed by atoms with E-state index in [2.05, 4.69) is 22.9 Å². The summed E-state index contributed by atoms with van der Waals surface area (Å²) in [5, 5.41) is 2.99. The normalized spacial score (nSPS) is 16.1. The SMILES string of the molecule is O=C(NC(Cc1ccccc1)C1C=C(Cc2ccccc2)NO1)OCc1ccccc1. The van der Waals surface area contributed by atoms with Crippen molar-refractivity contribution in [2.24, 2.45) is 0 Å². The van der Waals surface area contributed by atoms with E-state index in [1.165, 1.54) is 5.56 Å². The second kappa shape index (κ2) is 10.5. The molecule has 158 valence electrons. The van der Waals surface area contributed by atoms with Gasteiger partial charge in [-0.1, -0.05) is 91.0 Å². The van der Waals surface area contributed by atoms with Gasteiger partial charge in [0.1, 0.15) is 12.7 Å². The fourth-order valence-electron chi connectivity index (χ4n) is 3.55. The number of hydrogen-bond acceptors (Lipinski definition) is 4. The maximum atomic E-state index is 12.5. The van der Waals surface area contributed by atoms with E-state index >= 15 is 0 Å². The fourth-order valence-corrected chi connectivity index (χ4v) is 3.55. The van der Waals surface area contributed by atoms with Crippen molar-refractivity contribution in [2.75, 3.05) is 0 Å². The van der Waals surface area contributed by atoms with Crippen LogP contribution in [0.3, 0.4) is 0 Å². The smallest absolute Gasteiger partial charge is 0.407 e. The van der Waals surface area contributed by atoms with E-state index in [1.807, 2.05) is 84.9 Å². The Labute approximate surface area is 182 Å². The lowest BCUT2D eigenvalue weighted by Crippen LogP contribution is -2.45. The van der Waals surface area contributed by atoms with Crippen LogP contribution in [0.15, 0.2) is 103 Å². The van der Waals surface area contributed by atoms with Crippen LogP contribution in [0.1, 0.15) is 16.7 Å². The number of hydrogen-bond donors (Lipinski definition) is 2. The van der Waals surface area contributed by atoms with E-state index in [9.17, 15) is 4.79 Å². The molecule has 0 aliphatic carbocycles. The summed E-state index contributed by atoms with van der Waals surface area (Å²) in [4.78, 5) is 18.3. The Morgan fingerprint density at radius 1 is 0.871 bits per heavy atom. The van der Waals surface area contributed by atoms with E-state index < -0.39 is 6.09 Å². The fraction of sp³-hybridized carbons (Fsp3) is 0.192. The third kappa shape index (κ3) is 6.20. The number of rotatable bonds is 8. The number of ether oxygens (including phenoxy) is 1.